The van der Waals surface area contributed by atoms with Crippen molar-refractivity contribution in [2.24, 2.45) is 0 Å². The van der Waals surface area contributed by atoms with Gasteiger partial charge in [-0.25, -0.2) is 8.42 Å². The van der Waals surface area contributed by atoms with Gasteiger partial charge in [-0.15, -0.1) is 0 Å². The maximum atomic E-state index is 13.4. The molecule has 0 saturated heterocycles. The number of carbonyl (C=O) groups excluding carboxylic acids is 1. The number of fused-ring (bicyclic) bond motifs is 1. The van der Waals surface area contributed by atoms with E-state index in [1.807, 2.05) is 58.0 Å². The molecule has 0 unspecified atom stereocenters. The molecule has 156 valence electrons. The summed E-state index contributed by atoms with van der Waals surface area (Å²) in [6.45, 7) is 9.61. The van der Waals surface area contributed by atoms with Gasteiger partial charge in [0.2, 0.25) is 15.9 Å². The van der Waals surface area contributed by atoms with E-state index < -0.39 is 15.6 Å². The minimum absolute atomic E-state index is 0.149. The average Bonchev–Trinajstić information content (AvgIpc) is 2.64. The second-order valence-corrected chi connectivity index (χ2v) is 10.1. The van der Waals surface area contributed by atoms with Crippen LogP contribution in [0.1, 0.15) is 40.2 Å². The van der Waals surface area contributed by atoms with E-state index in [9.17, 15) is 13.2 Å². The molecule has 0 radical (unpaired) electrons. The fourth-order valence-corrected chi connectivity index (χ4v) is 5.12. The summed E-state index contributed by atoms with van der Waals surface area (Å²) in [6.07, 6.45) is 0. The van der Waals surface area contributed by atoms with Crippen molar-refractivity contribution in [2.75, 3.05) is 11.4 Å². The first-order valence-electron chi connectivity index (χ1n) is 9.68. The minimum Gasteiger partial charge on any atom is -0.484 e. The molecule has 0 spiro atoms. The number of nitrogens with zero attached hydrogens (tertiary/aromatic N) is 2. The van der Waals surface area contributed by atoms with E-state index in [1.54, 1.807) is 23.1 Å². The normalized spacial score (nSPS) is 15.9. The Labute approximate surface area is 173 Å². The van der Waals surface area contributed by atoms with Crippen LogP contribution in [0.25, 0.3) is 0 Å². The molecule has 3 rings (SSSR count). The summed E-state index contributed by atoms with van der Waals surface area (Å²) in [5.74, 6) is 0.358. The third-order valence-corrected chi connectivity index (χ3v) is 6.91. The average molecular weight is 417 g/mol. The Morgan fingerprint density at radius 2 is 1.83 bits per heavy atom. The molecule has 0 atom stereocenters. The van der Waals surface area contributed by atoms with Crippen LogP contribution in [-0.4, -0.2) is 36.8 Å². The van der Waals surface area contributed by atoms with Crippen molar-refractivity contribution in [3.05, 3.63) is 54.1 Å². The lowest BCUT2D eigenvalue weighted by Gasteiger charge is -2.39. The number of carbonyl (C=O) groups is 1. The monoisotopic (exact) mass is 416 g/mol. The van der Waals surface area contributed by atoms with Crippen LogP contribution in [0.15, 0.2) is 53.4 Å². The molecular weight excluding hydrogens is 388 g/mol. The van der Waals surface area contributed by atoms with Gasteiger partial charge in [0.15, 0.2) is 0 Å². The van der Waals surface area contributed by atoms with Crippen LogP contribution in [0.3, 0.4) is 0 Å². The maximum Gasteiger partial charge on any atom is 0.243 e. The van der Waals surface area contributed by atoms with E-state index in [-0.39, 0.29) is 23.4 Å². The number of ether oxygens (including phenoxy) is 1. The molecule has 2 aromatic carbocycles. The number of benzene rings is 2. The number of amides is 1. The molecule has 0 saturated carbocycles. The van der Waals surface area contributed by atoms with Gasteiger partial charge in [0.25, 0.3) is 0 Å². The van der Waals surface area contributed by atoms with Crippen LogP contribution in [0.5, 0.6) is 5.75 Å². The fraction of sp³-hybridized carbons (Fsp3) is 0.409. The molecule has 1 amide bonds. The van der Waals surface area contributed by atoms with Gasteiger partial charge >= 0.3 is 0 Å². The number of rotatable bonds is 5. The first kappa shape index (κ1) is 21.3. The van der Waals surface area contributed by atoms with Gasteiger partial charge < -0.3 is 9.64 Å². The molecule has 1 aliphatic heterocycles. The minimum atomic E-state index is -3.77. The zero-order valence-electron chi connectivity index (χ0n) is 17.5. The number of hydrogen-bond acceptors (Lipinski definition) is 4. The summed E-state index contributed by atoms with van der Waals surface area (Å²) in [7, 11) is -3.77. The van der Waals surface area contributed by atoms with Crippen molar-refractivity contribution < 1.29 is 17.9 Å². The summed E-state index contributed by atoms with van der Waals surface area (Å²) in [5, 5.41) is 0. The molecular formula is C22H28N2O4S. The quantitative estimate of drug-likeness (QED) is 0.743. The Morgan fingerprint density at radius 1 is 1.17 bits per heavy atom. The Kier molecular flexibility index (Phi) is 5.74. The molecule has 1 aliphatic rings. The van der Waals surface area contributed by atoms with Crippen molar-refractivity contribution >= 4 is 21.6 Å². The van der Waals surface area contributed by atoms with Crippen molar-refractivity contribution in [1.29, 1.82) is 0 Å². The molecule has 0 aromatic heterocycles. The Balaban J connectivity index is 2.02. The van der Waals surface area contributed by atoms with Crippen molar-refractivity contribution in [3.63, 3.8) is 0 Å². The highest BCUT2D eigenvalue weighted by molar-refractivity contribution is 7.89. The highest BCUT2D eigenvalue weighted by Gasteiger charge is 2.35. The third-order valence-electron chi connectivity index (χ3n) is 4.89. The van der Waals surface area contributed by atoms with Crippen LogP contribution in [0.4, 0.5) is 5.69 Å². The van der Waals surface area contributed by atoms with E-state index in [0.717, 1.165) is 5.56 Å². The van der Waals surface area contributed by atoms with Crippen LogP contribution in [-0.2, 0) is 21.4 Å². The summed E-state index contributed by atoms with van der Waals surface area (Å²) < 4.78 is 34.3. The number of hydrogen-bond donors (Lipinski definition) is 0. The SMILES string of the molecule is CC(=O)N1CC(C)(C)Oc2ccc(S(=O)(=O)N(Cc3ccccc3)C(C)C)cc21. The van der Waals surface area contributed by atoms with E-state index in [1.165, 1.54) is 11.2 Å². The number of sulfonamides is 1. The molecule has 0 aliphatic carbocycles. The zero-order valence-corrected chi connectivity index (χ0v) is 18.4. The summed E-state index contributed by atoms with van der Waals surface area (Å²) in [4.78, 5) is 13.9. The van der Waals surface area contributed by atoms with Gasteiger partial charge in [-0.05, 0) is 51.5 Å². The maximum absolute atomic E-state index is 13.4. The highest BCUT2D eigenvalue weighted by atomic mass is 32.2. The van der Waals surface area contributed by atoms with Crippen LogP contribution < -0.4 is 9.64 Å². The lowest BCUT2D eigenvalue weighted by Crippen LogP contribution is -2.48. The molecule has 0 bridgehead atoms. The van der Waals surface area contributed by atoms with E-state index in [2.05, 4.69) is 0 Å². The van der Waals surface area contributed by atoms with Crippen molar-refractivity contribution in [1.82, 2.24) is 4.31 Å². The van der Waals surface area contributed by atoms with Crippen molar-refractivity contribution in [3.8, 4) is 5.75 Å². The summed E-state index contributed by atoms with van der Waals surface area (Å²) >= 11 is 0. The Hall–Kier alpha value is -2.38. The second-order valence-electron chi connectivity index (χ2n) is 8.23. The summed E-state index contributed by atoms with van der Waals surface area (Å²) in [6, 6.07) is 14.0. The predicted octanol–water partition coefficient (Wildman–Crippen LogP) is 3.81. The van der Waals surface area contributed by atoms with E-state index >= 15 is 0 Å². The lowest BCUT2D eigenvalue weighted by molar-refractivity contribution is -0.117. The molecule has 0 fully saturated rings. The van der Waals surface area contributed by atoms with Gasteiger partial charge in [-0.2, -0.15) is 4.31 Å². The molecule has 1 heterocycles. The molecule has 7 heteroatoms. The van der Waals surface area contributed by atoms with Crippen molar-refractivity contribution in [2.45, 2.75) is 57.7 Å². The fourth-order valence-electron chi connectivity index (χ4n) is 3.48. The van der Waals surface area contributed by atoms with Gasteiger partial charge in [0, 0.05) is 19.5 Å². The van der Waals surface area contributed by atoms with E-state index in [4.69, 9.17) is 4.74 Å². The zero-order chi connectivity index (χ0) is 21.4. The smallest absolute Gasteiger partial charge is 0.243 e. The van der Waals surface area contributed by atoms with E-state index in [0.29, 0.717) is 18.0 Å². The highest BCUT2D eigenvalue weighted by Crippen LogP contribution is 2.39. The van der Waals surface area contributed by atoms with Crippen LogP contribution in [0.2, 0.25) is 0 Å². The van der Waals surface area contributed by atoms with Gasteiger partial charge in [-0.1, -0.05) is 30.3 Å². The summed E-state index contributed by atoms with van der Waals surface area (Å²) in [5.41, 5.74) is 0.857. The molecule has 2 aromatic rings. The largest absolute Gasteiger partial charge is 0.484 e. The van der Waals surface area contributed by atoms with Crippen LogP contribution >= 0.6 is 0 Å². The van der Waals surface area contributed by atoms with Crippen LogP contribution in [0, 0.1) is 0 Å². The molecule has 0 N–H and O–H groups in total. The predicted molar refractivity (Wildman–Crippen MR) is 113 cm³/mol. The first-order chi connectivity index (χ1) is 13.5. The topological polar surface area (TPSA) is 66.9 Å². The molecule has 6 nitrogen and oxygen atoms in total. The third kappa shape index (κ3) is 4.46. The second kappa shape index (κ2) is 7.80. The Bertz CT molecular complexity index is 1000. The standard InChI is InChI=1S/C22H28N2O4S/c1-16(2)24(14-18-9-7-6-8-10-18)29(26,27)19-11-12-21-20(13-19)23(17(3)25)15-22(4,5)28-21/h6-13,16H,14-15H2,1-5H3. The van der Waals surface area contributed by atoms with Gasteiger partial charge in [0.05, 0.1) is 17.1 Å². The lowest BCUT2D eigenvalue weighted by atomic mass is 10.1. The molecule has 29 heavy (non-hydrogen) atoms. The number of anilines is 1. The van der Waals surface area contributed by atoms with Gasteiger partial charge in [-0.3, -0.25) is 4.79 Å². The van der Waals surface area contributed by atoms with Gasteiger partial charge in [0.1, 0.15) is 11.4 Å². The first-order valence-corrected chi connectivity index (χ1v) is 11.1. The Morgan fingerprint density at radius 3 is 2.41 bits per heavy atom.